The molecule has 0 amide bonds. The summed E-state index contributed by atoms with van der Waals surface area (Å²) in [7, 11) is 0. The predicted molar refractivity (Wildman–Crippen MR) is 137 cm³/mol. The van der Waals surface area contributed by atoms with Crippen LogP contribution in [0.4, 0.5) is 0 Å². The van der Waals surface area contributed by atoms with Crippen LogP contribution in [0.1, 0.15) is 29.2 Å². The highest BCUT2D eigenvalue weighted by Crippen LogP contribution is 2.56. The average Bonchev–Trinajstić information content (AvgIpc) is 3.19. The number of rotatable bonds is 7. The van der Waals surface area contributed by atoms with Crippen molar-refractivity contribution in [3.05, 3.63) is 131 Å². The Bertz CT molecular complexity index is 1340. The molecule has 0 atom stereocenters. The maximum Gasteiger partial charge on any atom is 0.333 e. The van der Waals surface area contributed by atoms with Gasteiger partial charge in [0.05, 0.1) is 5.41 Å². The van der Waals surface area contributed by atoms with E-state index in [0.29, 0.717) is 11.3 Å². The minimum Gasteiger partial charge on any atom is -0.508 e. The Morgan fingerprint density at radius 1 is 0.771 bits per heavy atom. The number of carbonyl (C=O) groups is 1. The second-order valence-corrected chi connectivity index (χ2v) is 8.68. The molecule has 0 bridgehead atoms. The summed E-state index contributed by atoms with van der Waals surface area (Å²) in [6.45, 7) is 5.61. The first kappa shape index (κ1) is 22.5. The average molecular weight is 463 g/mol. The molecule has 1 N–H and O–H groups in total. The number of esters is 1. The molecule has 0 spiro atoms. The molecule has 0 saturated carbocycles. The maximum absolute atomic E-state index is 11.5. The Balaban J connectivity index is 1.55. The molecule has 4 heteroatoms. The predicted octanol–water partition coefficient (Wildman–Crippen LogP) is 6.25. The zero-order valence-electron chi connectivity index (χ0n) is 19.5. The van der Waals surface area contributed by atoms with Crippen molar-refractivity contribution in [2.45, 2.75) is 12.3 Å². The third-order valence-corrected chi connectivity index (χ3v) is 6.47. The highest BCUT2D eigenvalue weighted by molar-refractivity contribution is 5.87. The summed E-state index contributed by atoms with van der Waals surface area (Å²) in [4.78, 5) is 11.5. The first-order valence-electron chi connectivity index (χ1n) is 11.6. The number of hydrogen-bond donors (Lipinski definition) is 1. The molecule has 0 fully saturated rings. The third-order valence-electron chi connectivity index (χ3n) is 6.47. The van der Waals surface area contributed by atoms with Crippen LogP contribution in [0.2, 0.25) is 0 Å². The standard InChI is InChI=1S/C31H26O4/c1-21(2)30(33)35-20-19-34-25-17-13-23(14-18-25)31(22-11-15-24(32)16-12-22)28-9-5-3-7-26(28)27-8-4-6-10-29(27)31/h3-18,32H,1,19-20H2,2H3. The van der Waals surface area contributed by atoms with E-state index in [1.165, 1.54) is 22.3 Å². The molecular formula is C31H26O4. The lowest BCUT2D eigenvalue weighted by atomic mass is 9.68. The van der Waals surface area contributed by atoms with Gasteiger partial charge in [-0.3, -0.25) is 0 Å². The van der Waals surface area contributed by atoms with Crippen LogP contribution in [0.15, 0.2) is 109 Å². The summed E-state index contributed by atoms with van der Waals surface area (Å²) in [5, 5.41) is 10.00. The van der Waals surface area contributed by atoms with Gasteiger partial charge in [0.25, 0.3) is 0 Å². The summed E-state index contributed by atoms with van der Waals surface area (Å²) in [6, 6.07) is 32.5. The fraction of sp³-hybridized carbons (Fsp3) is 0.129. The molecule has 5 rings (SSSR count). The highest BCUT2D eigenvalue weighted by Gasteiger charge is 2.45. The molecular weight excluding hydrogens is 436 g/mol. The van der Waals surface area contributed by atoms with Gasteiger partial charge >= 0.3 is 5.97 Å². The fourth-order valence-electron chi connectivity index (χ4n) is 4.95. The van der Waals surface area contributed by atoms with Crippen molar-refractivity contribution in [2.75, 3.05) is 13.2 Å². The molecule has 4 aromatic carbocycles. The van der Waals surface area contributed by atoms with Crippen molar-refractivity contribution in [3.8, 4) is 22.6 Å². The van der Waals surface area contributed by atoms with Gasteiger partial charge in [0.2, 0.25) is 0 Å². The van der Waals surface area contributed by atoms with Gasteiger partial charge in [-0.15, -0.1) is 0 Å². The molecule has 4 nitrogen and oxygen atoms in total. The number of carbonyl (C=O) groups excluding carboxylic acids is 1. The Hall–Kier alpha value is -4.31. The molecule has 0 radical (unpaired) electrons. The number of benzene rings is 4. The van der Waals surface area contributed by atoms with E-state index in [2.05, 4.69) is 67.2 Å². The largest absolute Gasteiger partial charge is 0.508 e. The van der Waals surface area contributed by atoms with Crippen molar-refractivity contribution < 1.29 is 19.4 Å². The Labute approximate surface area is 205 Å². The lowest BCUT2D eigenvalue weighted by molar-refractivity contribution is -0.139. The normalized spacial score (nSPS) is 12.9. The van der Waals surface area contributed by atoms with E-state index in [0.717, 1.165) is 11.1 Å². The number of ether oxygens (including phenoxy) is 2. The molecule has 0 saturated heterocycles. The summed E-state index contributed by atoms with van der Waals surface area (Å²) in [5.41, 5.74) is 6.82. The van der Waals surface area contributed by atoms with E-state index in [1.54, 1.807) is 19.1 Å². The molecule has 1 aliphatic rings. The number of phenolic OH excluding ortho intramolecular Hbond substituents is 1. The maximum atomic E-state index is 11.5. The van der Waals surface area contributed by atoms with Crippen LogP contribution in [-0.4, -0.2) is 24.3 Å². The van der Waals surface area contributed by atoms with Gasteiger partial charge in [-0.25, -0.2) is 4.79 Å². The number of aromatic hydroxyl groups is 1. The van der Waals surface area contributed by atoms with Crippen molar-refractivity contribution in [2.24, 2.45) is 0 Å². The van der Waals surface area contributed by atoms with Gasteiger partial charge in [0.15, 0.2) is 0 Å². The van der Waals surface area contributed by atoms with E-state index in [1.807, 2.05) is 24.3 Å². The number of fused-ring (bicyclic) bond motifs is 3. The minimum absolute atomic E-state index is 0.158. The minimum atomic E-state index is -0.531. The second-order valence-electron chi connectivity index (χ2n) is 8.68. The SMILES string of the molecule is C=C(C)C(=O)OCCOc1ccc(C2(c3ccc(O)cc3)c3ccccc3-c3ccccc32)cc1. The van der Waals surface area contributed by atoms with E-state index in [-0.39, 0.29) is 19.0 Å². The van der Waals surface area contributed by atoms with E-state index < -0.39 is 11.4 Å². The summed E-state index contributed by atoms with van der Waals surface area (Å²) >= 11 is 0. The smallest absolute Gasteiger partial charge is 0.333 e. The molecule has 1 aliphatic carbocycles. The lowest BCUT2D eigenvalue weighted by Gasteiger charge is -2.34. The monoisotopic (exact) mass is 462 g/mol. The zero-order valence-corrected chi connectivity index (χ0v) is 19.5. The molecule has 0 heterocycles. The fourth-order valence-corrected chi connectivity index (χ4v) is 4.95. The van der Waals surface area contributed by atoms with Crippen molar-refractivity contribution in [3.63, 3.8) is 0 Å². The molecule has 4 aromatic rings. The van der Waals surface area contributed by atoms with Gasteiger partial charge in [-0.05, 0) is 64.6 Å². The van der Waals surface area contributed by atoms with Crippen LogP contribution in [0, 0.1) is 0 Å². The van der Waals surface area contributed by atoms with E-state index in [4.69, 9.17) is 9.47 Å². The van der Waals surface area contributed by atoms with Gasteiger partial charge in [-0.1, -0.05) is 79.4 Å². The molecule has 174 valence electrons. The Kier molecular flexibility index (Phi) is 5.87. The Morgan fingerprint density at radius 2 is 1.29 bits per heavy atom. The first-order valence-corrected chi connectivity index (χ1v) is 11.6. The van der Waals surface area contributed by atoms with Crippen molar-refractivity contribution in [1.29, 1.82) is 0 Å². The van der Waals surface area contributed by atoms with Crippen LogP contribution >= 0.6 is 0 Å². The molecule has 0 aromatic heterocycles. The van der Waals surface area contributed by atoms with Crippen LogP contribution in [0.25, 0.3) is 11.1 Å². The van der Waals surface area contributed by atoms with Crippen molar-refractivity contribution >= 4 is 5.97 Å². The summed E-state index contributed by atoms with van der Waals surface area (Å²) in [5.74, 6) is 0.512. The topological polar surface area (TPSA) is 55.8 Å². The lowest BCUT2D eigenvalue weighted by Crippen LogP contribution is -2.28. The Morgan fingerprint density at radius 3 is 1.83 bits per heavy atom. The summed E-state index contributed by atoms with van der Waals surface area (Å²) < 4.78 is 10.9. The molecule has 0 aliphatic heterocycles. The van der Waals surface area contributed by atoms with Crippen LogP contribution in [-0.2, 0) is 14.9 Å². The van der Waals surface area contributed by atoms with Gasteiger partial charge in [0, 0.05) is 5.57 Å². The number of phenols is 1. The van der Waals surface area contributed by atoms with Gasteiger partial charge in [0.1, 0.15) is 24.7 Å². The van der Waals surface area contributed by atoms with Crippen LogP contribution in [0.5, 0.6) is 11.5 Å². The third kappa shape index (κ3) is 3.87. The van der Waals surface area contributed by atoms with E-state index in [9.17, 15) is 9.90 Å². The van der Waals surface area contributed by atoms with E-state index >= 15 is 0 Å². The highest BCUT2D eigenvalue weighted by atomic mass is 16.6. The zero-order chi connectivity index (χ0) is 24.4. The second kappa shape index (κ2) is 9.15. The first-order chi connectivity index (χ1) is 17.0. The van der Waals surface area contributed by atoms with Gasteiger partial charge in [-0.2, -0.15) is 0 Å². The van der Waals surface area contributed by atoms with Crippen LogP contribution in [0.3, 0.4) is 0 Å². The summed E-state index contributed by atoms with van der Waals surface area (Å²) in [6.07, 6.45) is 0. The van der Waals surface area contributed by atoms with Crippen LogP contribution < -0.4 is 4.74 Å². The quantitative estimate of drug-likeness (QED) is 0.176. The van der Waals surface area contributed by atoms with Gasteiger partial charge < -0.3 is 14.6 Å². The number of hydrogen-bond acceptors (Lipinski definition) is 4. The molecule has 0 unspecified atom stereocenters. The molecule has 35 heavy (non-hydrogen) atoms. The van der Waals surface area contributed by atoms with Crippen molar-refractivity contribution in [1.82, 2.24) is 0 Å².